The first-order valence-electron chi connectivity index (χ1n) is 10.1. The summed E-state index contributed by atoms with van der Waals surface area (Å²) in [6.07, 6.45) is 4.89. The molecule has 0 spiro atoms. The van der Waals surface area contributed by atoms with E-state index in [9.17, 15) is 0 Å². The van der Waals surface area contributed by atoms with Crippen molar-refractivity contribution in [1.82, 2.24) is 19.2 Å². The molecule has 0 atom stereocenters. The standard InChI is InChI=1S/C20H28N6S2/c1-4-26(5-2)15-8-6-14(7-9-15)21-19-18-16(10-11-27-18)22-20(24-19)23-17-12-13(3)25-28-17/h10-12,14-15H,4-9H2,1-3H3,(H2,21,22,23,24)/t14-,15-. The Bertz CT molecular complexity index is 908. The lowest BCUT2D eigenvalue weighted by Gasteiger charge is -2.36. The Kier molecular flexibility index (Phi) is 6.08. The molecule has 0 unspecified atom stereocenters. The Morgan fingerprint density at radius 2 is 1.93 bits per heavy atom. The number of aromatic nitrogens is 3. The predicted molar refractivity (Wildman–Crippen MR) is 120 cm³/mol. The van der Waals surface area contributed by atoms with E-state index in [1.807, 2.05) is 13.0 Å². The molecule has 0 amide bonds. The fourth-order valence-corrected chi connectivity index (χ4v) is 5.51. The third-order valence-corrected chi connectivity index (χ3v) is 7.24. The van der Waals surface area contributed by atoms with Crippen molar-refractivity contribution >= 4 is 49.9 Å². The van der Waals surface area contributed by atoms with Gasteiger partial charge in [0.05, 0.1) is 15.9 Å². The quantitative estimate of drug-likeness (QED) is 0.547. The van der Waals surface area contributed by atoms with E-state index in [2.05, 4.69) is 50.2 Å². The monoisotopic (exact) mass is 416 g/mol. The fraction of sp³-hybridized carbons (Fsp3) is 0.550. The number of hydrogen-bond acceptors (Lipinski definition) is 8. The molecule has 1 aliphatic carbocycles. The first-order chi connectivity index (χ1) is 13.7. The summed E-state index contributed by atoms with van der Waals surface area (Å²) in [6, 6.07) is 5.29. The maximum atomic E-state index is 4.80. The summed E-state index contributed by atoms with van der Waals surface area (Å²) in [5, 5.41) is 10.1. The molecule has 2 N–H and O–H groups in total. The van der Waals surface area contributed by atoms with Gasteiger partial charge >= 0.3 is 0 Å². The molecule has 3 aromatic heterocycles. The first kappa shape index (κ1) is 19.5. The van der Waals surface area contributed by atoms with Crippen LogP contribution in [0.5, 0.6) is 0 Å². The van der Waals surface area contributed by atoms with Crippen molar-refractivity contribution in [3.8, 4) is 0 Å². The summed E-state index contributed by atoms with van der Waals surface area (Å²) in [6.45, 7) is 8.81. The van der Waals surface area contributed by atoms with Crippen LogP contribution < -0.4 is 10.6 Å². The number of nitrogens with one attached hydrogen (secondary N) is 2. The third kappa shape index (κ3) is 4.29. The zero-order valence-electron chi connectivity index (χ0n) is 16.7. The van der Waals surface area contributed by atoms with Crippen molar-refractivity contribution in [1.29, 1.82) is 0 Å². The molecule has 8 heteroatoms. The number of anilines is 3. The second-order valence-electron chi connectivity index (χ2n) is 7.36. The van der Waals surface area contributed by atoms with Gasteiger partial charge in [0.1, 0.15) is 10.8 Å². The number of nitrogens with zero attached hydrogens (tertiary/aromatic N) is 4. The minimum Gasteiger partial charge on any atom is -0.366 e. The Morgan fingerprint density at radius 3 is 2.61 bits per heavy atom. The number of hydrogen-bond donors (Lipinski definition) is 2. The Balaban J connectivity index is 1.48. The lowest BCUT2D eigenvalue weighted by atomic mass is 9.90. The molecule has 0 aromatic carbocycles. The summed E-state index contributed by atoms with van der Waals surface area (Å²) in [5.41, 5.74) is 2.00. The van der Waals surface area contributed by atoms with Crippen LogP contribution in [0.2, 0.25) is 0 Å². The summed E-state index contributed by atoms with van der Waals surface area (Å²) < 4.78 is 5.46. The molecule has 1 fully saturated rings. The normalized spacial score (nSPS) is 20.0. The summed E-state index contributed by atoms with van der Waals surface area (Å²) in [4.78, 5) is 12.1. The summed E-state index contributed by atoms with van der Waals surface area (Å²) >= 11 is 3.14. The fourth-order valence-electron chi connectivity index (χ4n) is 4.07. The molecule has 0 bridgehead atoms. The van der Waals surface area contributed by atoms with Crippen molar-refractivity contribution < 1.29 is 0 Å². The van der Waals surface area contributed by atoms with Crippen molar-refractivity contribution in [2.24, 2.45) is 0 Å². The van der Waals surface area contributed by atoms with E-state index >= 15 is 0 Å². The molecule has 3 heterocycles. The van der Waals surface area contributed by atoms with Crippen LogP contribution in [0, 0.1) is 6.92 Å². The van der Waals surface area contributed by atoms with E-state index < -0.39 is 0 Å². The molecular weight excluding hydrogens is 388 g/mol. The van der Waals surface area contributed by atoms with Crippen LogP contribution in [-0.4, -0.2) is 44.4 Å². The van der Waals surface area contributed by atoms with Crippen LogP contribution in [0.1, 0.15) is 45.2 Å². The van der Waals surface area contributed by atoms with Crippen LogP contribution >= 0.6 is 22.9 Å². The van der Waals surface area contributed by atoms with E-state index in [-0.39, 0.29) is 0 Å². The van der Waals surface area contributed by atoms with Gasteiger partial charge in [-0.2, -0.15) is 9.36 Å². The smallest absolute Gasteiger partial charge is 0.230 e. The van der Waals surface area contributed by atoms with Gasteiger partial charge < -0.3 is 15.5 Å². The lowest BCUT2D eigenvalue weighted by molar-refractivity contribution is 0.167. The highest BCUT2D eigenvalue weighted by Crippen LogP contribution is 2.32. The van der Waals surface area contributed by atoms with Crippen LogP contribution in [0.25, 0.3) is 10.2 Å². The Morgan fingerprint density at radius 1 is 1.14 bits per heavy atom. The summed E-state index contributed by atoms with van der Waals surface area (Å²) in [7, 11) is 0. The highest BCUT2D eigenvalue weighted by atomic mass is 32.1. The van der Waals surface area contributed by atoms with Crippen molar-refractivity contribution in [2.45, 2.75) is 58.5 Å². The first-order valence-corrected chi connectivity index (χ1v) is 11.8. The predicted octanol–water partition coefficient (Wildman–Crippen LogP) is 5.26. The average molecular weight is 417 g/mol. The summed E-state index contributed by atoms with van der Waals surface area (Å²) in [5.74, 6) is 1.59. The maximum Gasteiger partial charge on any atom is 0.230 e. The molecular formula is C20H28N6S2. The number of aryl methyl sites for hydroxylation is 1. The zero-order valence-corrected chi connectivity index (χ0v) is 18.4. The van der Waals surface area contributed by atoms with E-state index in [1.54, 1.807) is 11.3 Å². The molecule has 0 saturated heterocycles. The second-order valence-corrected chi connectivity index (χ2v) is 9.08. The van der Waals surface area contributed by atoms with Gasteiger partial charge in [-0.1, -0.05) is 13.8 Å². The van der Waals surface area contributed by atoms with Crippen LogP contribution in [-0.2, 0) is 0 Å². The molecule has 3 aromatic rings. The van der Waals surface area contributed by atoms with Crippen molar-refractivity contribution in [2.75, 3.05) is 23.7 Å². The minimum absolute atomic E-state index is 0.477. The van der Waals surface area contributed by atoms with Gasteiger partial charge in [-0.25, -0.2) is 4.98 Å². The number of thiophene rings is 1. The highest BCUT2D eigenvalue weighted by Gasteiger charge is 2.25. The number of fused-ring (bicyclic) bond motifs is 1. The highest BCUT2D eigenvalue weighted by molar-refractivity contribution is 7.17. The average Bonchev–Trinajstić information content (AvgIpc) is 3.33. The van der Waals surface area contributed by atoms with Crippen molar-refractivity contribution in [3.05, 3.63) is 23.2 Å². The Hall–Kier alpha value is -1.77. The maximum absolute atomic E-state index is 4.80. The van der Waals surface area contributed by atoms with Crippen LogP contribution in [0.4, 0.5) is 16.8 Å². The SMILES string of the molecule is CCN(CC)[C@H]1CC[C@H](Nc2nc(Nc3cc(C)ns3)nc3ccsc23)CC1. The lowest BCUT2D eigenvalue weighted by Crippen LogP contribution is -2.40. The second kappa shape index (κ2) is 8.71. The molecule has 1 saturated carbocycles. The van der Waals surface area contributed by atoms with E-state index in [0.29, 0.717) is 12.0 Å². The van der Waals surface area contributed by atoms with Crippen molar-refractivity contribution in [3.63, 3.8) is 0 Å². The minimum atomic E-state index is 0.477. The van der Waals surface area contributed by atoms with Crippen LogP contribution in [0.3, 0.4) is 0 Å². The largest absolute Gasteiger partial charge is 0.366 e. The zero-order chi connectivity index (χ0) is 19.5. The molecule has 4 rings (SSSR count). The molecule has 150 valence electrons. The van der Waals surface area contributed by atoms with Gasteiger partial charge in [-0.05, 0) is 74.7 Å². The number of rotatable bonds is 7. The third-order valence-electron chi connectivity index (χ3n) is 5.53. The van der Waals surface area contributed by atoms with Gasteiger partial charge in [0.2, 0.25) is 5.95 Å². The topological polar surface area (TPSA) is 66.0 Å². The molecule has 28 heavy (non-hydrogen) atoms. The van der Waals surface area contributed by atoms with Gasteiger partial charge in [0, 0.05) is 12.1 Å². The molecule has 6 nitrogen and oxygen atoms in total. The van der Waals surface area contributed by atoms with Gasteiger partial charge in [-0.3, -0.25) is 0 Å². The van der Waals surface area contributed by atoms with Crippen LogP contribution in [0.15, 0.2) is 17.5 Å². The van der Waals surface area contributed by atoms with E-state index in [0.717, 1.165) is 45.9 Å². The van der Waals surface area contributed by atoms with E-state index in [1.165, 1.54) is 37.2 Å². The van der Waals surface area contributed by atoms with Gasteiger partial charge in [0.25, 0.3) is 0 Å². The molecule has 0 radical (unpaired) electrons. The molecule has 1 aliphatic rings. The molecule has 0 aliphatic heterocycles. The van der Waals surface area contributed by atoms with Gasteiger partial charge in [-0.15, -0.1) is 11.3 Å². The van der Waals surface area contributed by atoms with Gasteiger partial charge in [0.15, 0.2) is 0 Å². The van der Waals surface area contributed by atoms with E-state index in [4.69, 9.17) is 4.98 Å². The Labute approximate surface area is 174 Å².